The molecule has 2 fully saturated rings. The molecule has 3 aliphatic heterocycles. The lowest BCUT2D eigenvalue weighted by molar-refractivity contribution is -0.119. The number of hydrogen-bond acceptors (Lipinski definition) is 6. The lowest BCUT2D eigenvalue weighted by Crippen LogP contribution is -2.45. The molecule has 9 heteroatoms. The van der Waals surface area contributed by atoms with Crippen LogP contribution in [0.4, 0.5) is 4.79 Å². The smallest absolute Gasteiger partial charge is 0.322 e. The van der Waals surface area contributed by atoms with Crippen molar-refractivity contribution >= 4 is 17.8 Å². The molecule has 0 aromatic heterocycles. The number of carbonyl (C=O) groups excluding carboxylic acids is 3. The maximum absolute atomic E-state index is 11.5. The van der Waals surface area contributed by atoms with Crippen LogP contribution in [0.25, 0.3) is 0 Å². The molecule has 9 nitrogen and oxygen atoms in total. The molecule has 194 valence electrons. The second-order valence-electron chi connectivity index (χ2n) is 9.26. The molecule has 0 saturated carbocycles. The van der Waals surface area contributed by atoms with Gasteiger partial charge in [-0.3, -0.25) is 19.8 Å². The number of methoxy groups -OCH3 is 1. The summed E-state index contributed by atoms with van der Waals surface area (Å²) in [4.78, 5) is 40.6. The van der Waals surface area contributed by atoms with Crippen LogP contribution in [-0.4, -0.2) is 85.5 Å². The number of piperazine rings is 1. The highest BCUT2D eigenvalue weighted by Gasteiger charge is 2.27. The van der Waals surface area contributed by atoms with E-state index >= 15 is 0 Å². The van der Waals surface area contributed by atoms with Crippen molar-refractivity contribution in [3.8, 4) is 17.6 Å². The highest BCUT2D eigenvalue weighted by atomic mass is 16.5. The van der Waals surface area contributed by atoms with Gasteiger partial charge < -0.3 is 19.9 Å². The van der Waals surface area contributed by atoms with Gasteiger partial charge in [0.25, 0.3) is 11.8 Å². The second kappa shape index (κ2) is 11.9. The minimum Gasteiger partial charge on any atom is -0.497 e. The number of imide groups is 1. The van der Waals surface area contributed by atoms with Gasteiger partial charge in [0.05, 0.1) is 7.11 Å². The van der Waals surface area contributed by atoms with E-state index in [1.807, 2.05) is 24.3 Å². The molecule has 3 aliphatic rings. The van der Waals surface area contributed by atoms with E-state index in [0.29, 0.717) is 6.54 Å². The average Bonchev–Trinajstić information content (AvgIpc) is 3.39. The van der Waals surface area contributed by atoms with Crippen LogP contribution in [0, 0.1) is 11.8 Å². The van der Waals surface area contributed by atoms with Crippen LogP contribution in [0.1, 0.15) is 34.0 Å². The number of rotatable bonds is 4. The Morgan fingerprint density at radius 2 is 1.70 bits per heavy atom. The topological polar surface area (TPSA) is 94.2 Å². The molecule has 4 amide bonds. The molecule has 1 atom stereocenters. The normalized spacial score (nSPS) is 19.3. The van der Waals surface area contributed by atoms with Crippen LogP contribution in [0.3, 0.4) is 0 Å². The second-order valence-corrected chi connectivity index (χ2v) is 9.26. The Morgan fingerprint density at radius 3 is 2.32 bits per heavy atom. The summed E-state index contributed by atoms with van der Waals surface area (Å²) in [5, 5.41) is 4.63. The van der Waals surface area contributed by atoms with Gasteiger partial charge in [0.2, 0.25) is 0 Å². The molecule has 3 heterocycles. The average molecular weight is 504 g/mol. The summed E-state index contributed by atoms with van der Waals surface area (Å²) in [6.07, 6.45) is 0. The van der Waals surface area contributed by atoms with Crippen molar-refractivity contribution in [2.45, 2.75) is 26.1 Å². The zero-order valence-electron chi connectivity index (χ0n) is 21.5. The van der Waals surface area contributed by atoms with E-state index in [1.54, 1.807) is 25.1 Å². The molecule has 2 N–H and O–H groups in total. The molecular weight excluding hydrogens is 470 g/mol. The first-order valence-corrected chi connectivity index (χ1v) is 12.4. The number of ether oxygens (including phenoxy) is 1. The van der Waals surface area contributed by atoms with Crippen LogP contribution in [0.5, 0.6) is 5.75 Å². The van der Waals surface area contributed by atoms with Crippen molar-refractivity contribution in [2.75, 3.05) is 46.9 Å². The fraction of sp³-hybridized carbons (Fsp3) is 0.393. The number of nitrogens with zero attached hydrogens (tertiary/aromatic N) is 3. The van der Waals surface area contributed by atoms with Crippen molar-refractivity contribution < 1.29 is 19.1 Å². The summed E-state index contributed by atoms with van der Waals surface area (Å²) >= 11 is 0. The standard InChI is InChI=1S/C18H22N4O2.C10H11NO2/c1-2-21-9-11-22(12-10-21)13-15-5-3-14(4-6-15)7-8-16-17(23)20-18(24)19-16;1-11-6-7-3-4-8(13-2)5-9(7)10(11)12/h3-6,16H,2,9-13H2,1H3,(H2,19,20,23,24);3-5H,6H2,1-2H3/t16-;/m0./s1. The van der Waals surface area contributed by atoms with Crippen LogP contribution < -0.4 is 15.4 Å². The molecule has 0 radical (unpaired) electrons. The van der Waals surface area contributed by atoms with Gasteiger partial charge in [0, 0.05) is 57.4 Å². The van der Waals surface area contributed by atoms with Crippen LogP contribution >= 0.6 is 0 Å². The van der Waals surface area contributed by atoms with E-state index in [4.69, 9.17) is 4.74 Å². The first-order valence-electron chi connectivity index (χ1n) is 12.4. The monoisotopic (exact) mass is 503 g/mol. The molecule has 0 bridgehead atoms. The molecule has 2 saturated heterocycles. The summed E-state index contributed by atoms with van der Waals surface area (Å²) in [6.45, 7) is 9.46. The van der Waals surface area contributed by atoms with E-state index in [2.05, 4.69) is 51.3 Å². The largest absolute Gasteiger partial charge is 0.497 e. The van der Waals surface area contributed by atoms with Crippen molar-refractivity contribution in [3.63, 3.8) is 0 Å². The van der Waals surface area contributed by atoms with Crippen molar-refractivity contribution in [3.05, 3.63) is 64.7 Å². The van der Waals surface area contributed by atoms with E-state index in [0.717, 1.165) is 61.7 Å². The van der Waals surface area contributed by atoms with Crippen LogP contribution in [0.15, 0.2) is 42.5 Å². The van der Waals surface area contributed by atoms with Gasteiger partial charge in [-0.1, -0.05) is 37.0 Å². The molecule has 2 aromatic rings. The maximum atomic E-state index is 11.5. The van der Waals surface area contributed by atoms with Crippen molar-refractivity contribution in [2.24, 2.45) is 0 Å². The maximum Gasteiger partial charge on any atom is 0.322 e. The predicted octanol–water partition coefficient (Wildman–Crippen LogP) is 1.66. The number of benzene rings is 2. The van der Waals surface area contributed by atoms with Gasteiger partial charge in [-0.25, -0.2) is 4.79 Å². The lowest BCUT2D eigenvalue weighted by atomic mass is 10.1. The van der Waals surface area contributed by atoms with E-state index < -0.39 is 18.0 Å². The SMILES string of the molecule is CCN1CCN(Cc2ccc(C#C[C@@H]3NC(=O)NC3=O)cc2)CC1.COc1ccc2c(c1)C(=O)N(C)C2. The summed E-state index contributed by atoms with van der Waals surface area (Å²) in [7, 11) is 3.40. The molecule has 37 heavy (non-hydrogen) atoms. The highest BCUT2D eigenvalue weighted by Crippen LogP contribution is 2.25. The minimum absolute atomic E-state index is 0.0777. The summed E-state index contributed by atoms with van der Waals surface area (Å²) < 4.78 is 5.05. The number of urea groups is 1. The van der Waals surface area contributed by atoms with E-state index in [9.17, 15) is 14.4 Å². The van der Waals surface area contributed by atoms with E-state index in [-0.39, 0.29) is 5.91 Å². The highest BCUT2D eigenvalue weighted by molar-refractivity contribution is 6.05. The Bertz CT molecular complexity index is 1210. The first-order chi connectivity index (χ1) is 17.9. The van der Waals surface area contributed by atoms with Crippen molar-refractivity contribution in [1.82, 2.24) is 25.3 Å². The fourth-order valence-corrected chi connectivity index (χ4v) is 4.44. The fourth-order valence-electron chi connectivity index (χ4n) is 4.44. The molecule has 0 unspecified atom stereocenters. The molecule has 0 aliphatic carbocycles. The number of hydrogen-bond donors (Lipinski definition) is 2. The molecule has 0 spiro atoms. The number of amides is 4. The Morgan fingerprint density at radius 1 is 1.00 bits per heavy atom. The summed E-state index contributed by atoms with van der Waals surface area (Å²) in [5.41, 5.74) is 3.94. The molecular formula is C28H33N5O4. The first kappa shape index (κ1) is 26.2. The summed E-state index contributed by atoms with van der Waals surface area (Å²) in [6, 6.07) is 12.4. The minimum atomic E-state index is -0.757. The predicted molar refractivity (Wildman–Crippen MR) is 140 cm³/mol. The van der Waals surface area contributed by atoms with Gasteiger partial charge in [-0.05, 0) is 41.9 Å². The van der Waals surface area contributed by atoms with Gasteiger partial charge in [-0.15, -0.1) is 0 Å². The van der Waals surface area contributed by atoms with Gasteiger partial charge in [0.1, 0.15) is 5.75 Å². The zero-order chi connectivity index (χ0) is 26.4. The number of fused-ring (bicyclic) bond motifs is 1. The lowest BCUT2D eigenvalue weighted by Gasteiger charge is -2.34. The van der Waals surface area contributed by atoms with E-state index in [1.165, 1.54) is 5.56 Å². The molecule has 2 aromatic carbocycles. The van der Waals surface area contributed by atoms with Crippen LogP contribution in [-0.2, 0) is 17.9 Å². The molecule has 5 rings (SSSR count). The number of carbonyl (C=O) groups is 3. The Balaban J connectivity index is 0.000000207. The number of nitrogens with one attached hydrogen (secondary N) is 2. The third-order valence-corrected chi connectivity index (χ3v) is 6.71. The van der Waals surface area contributed by atoms with Crippen molar-refractivity contribution in [1.29, 1.82) is 0 Å². The Labute approximate surface area is 217 Å². The van der Waals surface area contributed by atoms with Gasteiger partial charge >= 0.3 is 6.03 Å². The third kappa shape index (κ3) is 6.67. The zero-order valence-corrected chi connectivity index (χ0v) is 21.5. The quantitative estimate of drug-likeness (QED) is 0.487. The van der Waals surface area contributed by atoms with Gasteiger partial charge in [-0.2, -0.15) is 0 Å². The third-order valence-electron chi connectivity index (χ3n) is 6.71. The number of likely N-dealkylation sites (N-methyl/N-ethyl adjacent to an activating group) is 1. The Hall–Kier alpha value is -3.87. The van der Waals surface area contributed by atoms with Crippen LogP contribution in [0.2, 0.25) is 0 Å². The Kier molecular flexibility index (Phi) is 8.43. The summed E-state index contributed by atoms with van der Waals surface area (Å²) in [5.74, 6) is 6.14. The van der Waals surface area contributed by atoms with Gasteiger partial charge in [0.15, 0.2) is 6.04 Å².